The molecule has 1 fully saturated rings. The van der Waals surface area contributed by atoms with E-state index in [-0.39, 0.29) is 17.5 Å². The number of benzene rings is 1. The molecule has 1 aliphatic heterocycles. The molecular weight excluding hydrogens is 193 g/mol. The molecule has 0 amide bonds. The number of morpholine rings is 1. The average molecular weight is 209 g/mol. The van der Waals surface area contributed by atoms with Crippen molar-refractivity contribution >= 4 is 0 Å². The summed E-state index contributed by atoms with van der Waals surface area (Å²) < 4.78 is 19.1. The topological polar surface area (TPSA) is 21.3 Å². The molecule has 1 aliphatic rings. The summed E-state index contributed by atoms with van der Waals surface area (Å²) in [5, 5.41) is 3.34. The molecule has 1 unspecified atom stereocenters. The summed E-state index contributed by atoms with van der Waals surface area (Å²) in [6.07, 6.45) is -0.167. The Balaban J connectivity index is 2.11. The Morgan fingerprint density at radius 3 is 2.73 bits per heavy atom. The Hall–Kier alpha value is -0.930. The number of hydrogen-bond donors (Lipinski definition) is 1. The van der Waals surface area contributed by atoms with Crippen molar-refractivity contribution in [1.29, 1.82) is 0 Å². The molecular formula is C12H16FNO. The molecule has 0 radical (unpaired) electrons. The van der Waals surface area contributed by atoms with Gasteiger partial charge in [-0.3, -0.25) is 0 Å². The smallest absolute Gasteiger partial charge is 0.129 e. The van der Waals surface area contributed by atoms with E-state index in [1.165, 1.54) is 6.07 Å². The highest BCUT2D eigenvalue weighted by Crippen LogP contribution is 2.25. The van der Waals surface area contributed by atoms with Gasteiger partial charge in [0.1, 0.15) is 5.82 Å². The van der Waals surface area contributed by atoms with E-state index in [9.17, 15) is 4.39 Å². The SMILES string of the molecule is CC1(C)COC(c2ccccc2F)CN1. The fourth-order valence-electron chi connectivity index (χ4n) is 1.72. The maximum Gasteiger partial charge on any atom is 0.129 e. The summed E-state index contributed by atoms with van der Waals surface area (Å²) in [6, 6.07) is 6.78. The Kier molecular flexibility index (Phi) is 2.76. The second-order valence-corrected chi connectivity index (χ2v) is 4.59. The number of ether oxygens (including phenoxy) is 1. The Morgan fingerprint density at radius 2 is 2.13 bits per heavy atom. The average Bonchev–Trinajstić information content (AvgIpc) is 2.19. The number of halogens is 1. The number of rotatable bonds is 1. The molecule has 82 valence electrons. The van der Waals surface area contributed by atoms with E-state index in [1.807, 2.05) is 6.07 Å². The molecule has 1 heterocycles. The largest absolute Gasteiger partial charge is 0.370 e. The molecule has 0 saturated carbocycles. The molecule has 2 rings (SSSR count). The van der Waals surface area contributed by atoms with Gasteiger partial charge in [0.05, 0.1) is 12.7 Å². The summed E-state index contributed by atoms with van der Waals surface area (Å²) >= 11 is 0. The van der Waals surface area contributed by atoms with Crippen LogP contribution in [0.25, 0.3) is 0 Å². The lowest BCUT2D eigenvalue weighted by Crippen LogP contribution is -2.50. The Morgan fingerprint density at radius 1 is 1.40 bits per heavy atom. The van der Waals surface area contributed by atoms with Gasteiger partial charge < -0.3 is 10.1 Å². The van der Waals surface area contributed by atoms with Crippen molar-refractivity contribution in [1.82, 2.24) is 5.32 Å². The lowest BCUT2D eigenvalue weighted by Gasteiger charge is -2.36. The molecule has 1 N–H and O–H groups in total. The normalized spacial score (nSPS) is 25.1. The summed E-state index contributed by atoms with van der Waals surface area (Å²) in [4.78, 5) is 0. The lowest BCUT2D eigenvalue weighted by atomic mass is 10.0. The van der Waals surface area contributed by atoms with Crippen molar-refractivity contribution in [2.75, 3.05) is 13.2 Å². The van der Waals surface area contributed by atoms with E-state index in [4.69, 9.17) is 4.74 Å². The van der Waals surface area contributed by atoms with Crippen molar-refractivity contribution in [3.05, 3.63) is 35.6 Å². The quantitative estimate of drug-likeness (QED) is 0.766. The summed E-state index contributed by atoms with van der Waals surface area (Å²) in [6.45, 7) is 5.41. The minimum Gasteiger partial charge on any atom is -0.370 e. The summed E-state index contributed by atoms with van der Waals surface area (Å²) in [5.74, 6) is -0.191. The Bertz CT molecular complexity index is 341. The van der Waals surface area contributed by atoms with Crippen LogP contribution >= 0.6 is 0 Å². The highest BCUT2D eigenvalue weighted by atomic mass is 19.1. The van der Waals surface area contributed by atoms with E-state index in [1.54, 1.807) is 12.1 Å². The van der Waals surface area contributed by atoms with Gasteiger partial charge in [0, 0.05) is 17.6 Å². The van der Waals surface area contributed by atoms with Gasteiger partial charge in [-0.1, -0.05) is 18.2 Å². The first-order valence-corrected chi connectivity index (χ1v) is 5.19. The fourth-order valence-corrected chi connectivity index (χ4v) is 1.72. The van der Waals surface area contributed by atoms with E-state index in [0.29, 0.717) is 18.7 Å². The van der Waals surface area contributed by atoms with Gasteiger partial charge in [0.25, 0.3) is 0 Å². The van der Waals surface area contributed by atoms with Crippen LogP contribution in [0.3, 0.4) is 0 Å². The number of nitrogens with one attached hydrogen (secondary N) is 1. The van der Waals surface area contributed by atoms with Gasteiger partial charge in [0.2, 0.25) is 0 Å². The summed E-state index contributed by atoms with van der Waals surface area (Å²) in [5.41, 5.74) is 0.627. The zero-order chi connectivity index (χ0) is 10.9. The molecule has 0 aliphatic carbocycles. The predicted molar refractivity (Wildman–Crippen MR) is 57.2 cm³/mol. The highest BCUT2D eigenvalue weighted by molar-refractivity contribution is 5.21. The first-order valence-electron chi connectivity index (χ1n) is 5.19. The van der Waals surface area contributed by atoms with Crippen LogP contribution in [-0.4, -0.2) is 18.7 Å². The standard InChI is InChI=1S/C12H16FNO/c1-12(2)8-15-11(7-14-12)9-5-3-4-6-10(9)13/h3-6,11,14H,7-8H2,1-2H3. The van der Waals surface area contributed by atoms with E-state index < -0.39 is 0 Å². The third-order valence-electron chi connectivity index (χ3n) is 2.66. The van der Waals surface area contributed by atoms with Gasteiger partial charge in [-0.15, -0.1) is 0 Å². The van der Waals surface area contributed by atoms with Crippen molar-refractivity contribution in [2.24, 2.45) is 0 Å². The van der Waals surface area contributed by atoms with Crippen LogP contribution in [0.15, 0.2) is 24.3 Å². The van der Waals surface area contributed by atoms with Crippen molar-refractivity contribution in [2.45, 2.75) is 25.5 Å². The fraction of sp³-hybridized carbons (Fsp3) is 0.500. The molecule has 1 aromatic carbocycles. The van der Waals surface area contributed by atoms with Crippen molar-refractivity contribution in [3.63, 3.8) is 0 Å². The van der Waals surface area contributed by atoms with Crippen LogP contribution in [0.4, 0.5) is 4.39 Å². The maximum atomic E-state index is 13.5. The van der Waals surface area contributed by atoms with Gasteiger partial charge in [-0.05, 0) is 19.9 Å². The molecule has 1 saturated heterocycles. The molecule has 0 spiro atoms. The third kappa shape index (κ3) is 2.36. The van der Waals surface area contributed by atoms with Crippen LogP contribution < -0.4 is 5.32 Å². The zero-order valence-electron chi connectivity index (χ0n) is 9.09. The van der Waals surface area contributed by atoms with Gasteiger partial charge >= 0.3 is 0 Å². The zero-order valence-corrected chi connectivity index (χ0v) is 9.09. The molecule has 15 heavy (non-hydrogen) atoms. The second kappa shape index (κ2) is 3.91. The van der Waals surface area contributed by atoms with E-state index in [2.05, 4.69) is 19.2 Å². The van der Waals surface area contributed by atoms with Crippen molar-refractivity contribution < 1.29 is 9.13 Å². The van der Waals surface area contributed by atoms with Crippen LogP contribution in [0.1, 0.15) is 25.5 Å². The second-order valence-electron chi connectivity index (χ2n) is 4.59. The number of hydrogen-bond acceptors (Lipinski definition) is 2. The van der Waals surface area contributed by atoms with E-state index >= 15 is 0 Å². The van der Waals surface area contributed by atoms with Gasteiger partial charge in [-0.25, -0.2) is 4.39 Å². The minimum atomic E-state index is -0.191. The maximum absolute atomic E-state index is 13.5. The molecule has 3 heteroatoms. The van der Waals surface area contributed by atoms with Crippen LogP contribution in [0.5, 0.6) is 0 Å². The first kappa shape index (κ1) is 10.6. The Labute approximate surface area is 89.4 Å². The van der Waals surface area contributed by atoms with E-state index in [0.717, 1.165) is 0 Å². The van der Waals surface area contributed by atoms with Crippen LogP contribution in [0, 0.1) is 5.82 Å². The first-order chi connectivity index (χ1) is 7.08. The van der Waals surface area contributed by atoms with Gasteiger partial charge in [-0.2, -0.15) is 0 Å². The van der Waals surface area contributed by atoms with Crippen LogP contribution in [-0.2, 0) is 4.74 Å². The summed E-state index contributed by atoms with van der Waals surface area (Å²) in [7, 11) is 0. The molecule has 2 nitrogen and oxygen atoms in total. The lowest BCUT2D eigenvalue weighted by molar-refractivity contribution is -0.0244. The van der Waals surface area contributed by atoms with Crippen molar-refractivity contribution in [3.8, 4) is 0 Å². The highest BCUT2D eigenvalue weighted by Gasteiger charge is 2.28. The third-order valence-corrected chi connectivity index (χ3v) is 2.66. The molecule has 0 aromatic heterocycles. The minimum absolute atomic E-state index is 0.0121. The predicted octanol–water partition coefficient (Wildman–Crippen LogP) is 2.27. The van der Waals surface area contributed by atoms with Crippen LogP contribution in [0.2, 0.25) is 0 Å². The molecule has 1 atom stereocenters. The monoisotopic (exact) mass is 209 g/mol. The van der Waals surface area contributed by atoms with Gasteiger partial charge in [0.15, 0.2) is 0 Å². The molecule has 1 aromatic rings. The molecule has 0 bridgehead atoms.